The molecule has 3 aromatic carbocycles. The summed E-state index contributed by atoms with van der Waals surface area (Å²) in [5, 5.41) is 10.1. The van der Waals surface area contributed by atoms with Gasteiger partial charge in [-0.05, 0) is 78.7 Å². The van der Waals surface area contributed by atoms with Crippen molar-refractivity contribution in [3.05, 3.63) is 83.9 Å². The number of nitriles is 1. The molecule has 0 atom stereocenters. The fraction of sp³-hybridized carbons (Fsp3) is 0.167. The van der Waals surface area contributed by atoms with Crippen LogP contribution in [-0.4, -0.2) is 39.6 Å². The zero-order valence-electron chi connectivity index (χ0n) is 21.3. The number of hydrogen-bond acceptors (Lipinski definition) is 8. The van der Waals surface area contributed by atoms with E-state index < -0.39 is 5.97 Å². The average molecular weight is 511 g/mol. The number of ether oxygens (including phenoxy) is 4. The third kappa shape index (κ3) is 6.02. The standard InChI is InChI=1S/C30H26N2O6/c1-4-36-27(33)19-37-25-11-5-20(6-12-25)18-32-30-26(17-31)28(21-7-13-23(34-2)14-8-21)29(38-30)22-9-15-24(35-3)16-10-22/h5-16,18H,4,19H2,1-3H3. The number of furan rings is 1. The van der Waals surface area contributed by atoms with Gasteiger partial charge in [-0.25, -0.2) is 9.79 Å². The molecule has 1 heterocycles. The predicted molar refractivity (Wildman–Crippen MR) is 143 cm³/mol. The van der Waals surface area contributed by atoms with E-state index in [2.05, 4.69) is 11.1 Å². The van der Waals surface area contributed by atoms with Gasteiger partial charge in [-0.2, -0.15) is 5.26 Å². The number of benzene rings is 3. The van der Waals surface area contributed by atoms with E-state index in [1.807, 2.05) is 48.5 Å². The normalized spacial score (nSPS) is 10.7. The van der Waals surface area contributed by atoms with Gasteiger partial charge in [-0.15, -0.1) is 0 Å². The van der Waals surface area contributed by atoms with E-state index in [0.29, 0.717) is 40.7 Å². The second kappa shape index (κ2) is 12.3. The Morgan fingerprint density at radius 2 is 1.47 bits per heavy atom. The van der Waals surface area contributed by atoms with E-state index in [4.69, 9.17) is 23.4 Å². The van der Waals surface area contributed by atoms with Crippen molar-refractivity contribution in [2.75, 3.05) is 27.4 Å². The summed E-state index contributed by atoms with van der Waals surface area (Å²) in [6, 6.07) is 24.1. The average Bonchev–Trinajstić information content (AvgIpc) is 3.34. The Morgan fingerprint density at radius 3 is 2.03 bits per heavy atom. The van der Waals surface area contributed by atoms with Crippen LogP contribution in [0.3, 0.4) is 0 Å². The number of carbonyl (C=O) groups is 1. The maximum absolute atomic E-state index is 11.5. The molecule has 4 aromatic rings. The summed E-state index contributed by atoms with van der Waals surface area (Å²) in [7, 11) is 3.20. The van der Waals surface area contributed by atoms with Crippen molar-refractivity contribution in [2.45, 2.75) is 6.92 Å². The number of carbonyl (C=O) groups excluding carboxylic acids is 1. The molecule has 0 aliphatic heterocycles. The number of esters is 1. The number of methoxy groups -OCH3 is 2. The molecule has 192 valence electrons. The van der Waals surface area contributed by atoms with Crippen LogP contribution >= 0.6 is 0 Å². The zero-order valence-corrected chi connectivity index (χ0v) is 21.3. The second-order valence-electron chi connectivity index (χ2n) is 7.98. The molecule has 0 unspecified atom stereocenters. The summed E-state index contributed by atoms with van der Waals surface area (Å²) in [6.07, 6.45) is 1.60. The van der Waals surface area contributed by atoms with E-state index in [9.17, 15) is 10.1 Å². The smallest absolute Gasteiger partial charge is 0.344 e. The number of hydrogen-bond donors (Lipinski definition) is 0. The summed E-state index contributed by atoms with van der Waals surface area (Å²) in [5.41, 5.74) is 3.27. The van der Waals surface area contributed by atoms with Crippen LogP contribution in [0.25, 0.3) is 22.5 Å². The highest BCUT2D eigenvalue weighted by molar-refractivity contribution is 5.90. The van der Waals surface area contributed by atoms with Gasteiger partial charge in [0, 0.05) is 17.3 Å². The van der Waals surface area contributed by atoms with Crippen molar-refractivity contribution < 1.29 is 28.2 Å². The zero-order chi connectivity index (χ0) is 26.9. The van der Waals surface area contributed by atoms with Gasteiger partial charge in [0.05, 0.1) is 20.8 Å². The maximum atomic E-state index is 11.5. The molecule has 0 saturated heterocycles. The topological polar surface area (TPSA) is 103 Å². The molecule has 4 rings (SSSR count). The molecule has 0 bridgehead atoms. The molecule has 38 heavy (non-hydrogen) atoms. The molecule has 8 heteroatoms. The lowest BCUT2D eigenvalue weighted by Crippen LogP contribution is -2.14. The minimum absolute atomic E-state index is 0.165. The summed E-state index contributed by atoms with van der Waals surface area (Å²) in [5.74, 6) is 2.21. The summed E-state index contributed by atoms with van der Waals surface area (Å²) >= 11 is 0. The fourth-order valence-corrected chi connectivity index (χ4v) is 3.72. The number of rotatable bonds is 10. The van der Waals surface area contributed by atoms with Crippen LogP contribution in [0.1, 0.15) is 18.1 Å². The summed E-state index contributed by atoms with van der Waals surface area (Å²) in [6.45, 7) is 1.87. The van der Waals surface area contributed by atoms with Crippen LogP contribution in [0.15, 0.2) is 82.2 Å². The van der Waals surface area contributed by atoms with Gasteiger partial charge in [0.15, 0.2) is 6.61 Å². The highest BCUT2D eigenvalue weighted by Gasteiger charge is 2.23. The Kier molecular flexibility index (Phi) is 8.42. The molecule has 0 radical (unpaired) electrons. The Morgan fingerprint density at radius 1 is 0.895 bits per heavy atom. The highest BCUT2D eigenvalue weighted by Crippen LogP contribution is 2.43. The Labute approximate surface area is 220 Å². The largest absolute Gasteiger partial charge is 0.497 e. The highest BCUT2D eigenvalue weighted by atomic mass is 16.6. The lowest BCUT2D eigenvalue weighted by Gasteiger charge is -2.06. The van der Waals surface area contributed by atoms with E-state index in [1.54, 1.807) is 51.6 Å². The monoisotopic (exact) mass is 510 g/mol. The molecule has 0 amide bonds. The van der Waals surface area contributed by atoms with Gasteiger partial charge in [-0.1, -0.05) is 12.1 Å². The lowest BCUT2D eigenvalue weighted by molar-refractivity contribution is -0.145. The minimum atomic E-state index is -0.430. The van der Waals surface area contributed by atoms with Crippen molar-refractivity contribution in [1.82, 2.24) is 0 Å². The SMILES string of the molecule is CCOC(=O)COc1ccc(C=Nc2oc(-c3ccc(OC)cc3)c(-c3ccc(OC)cc3)c2C#N)cc1. The van der Waals surface area contributed by atoms with Crippen molar-refractivity contribution in [1.29, 1.82) is 5.26 Å². The molecule has 8 nitrogen and oxygen atoms in total. The van der Waals surface area contributed by atoms with Gasteiger partial charge in [0.25, 0.3) is 0 Å². The molecular formula is C30H26N2O6. The quantitative estimate of drug-likeness (QED) is 0.185. The van der Waals surface area contributed by atoms with E-state index in [0.717, 1.165) is 16.7 Å². The summed E-state index contributed by atoms with van der Waals surface area (Å²) in [4.78, 5) is 16.0. The third-order valence-electron chi connectivity index (χ3n) is 5.61. The van der Waals surface area contributed by atoms with Gasteiger partial charge < -0.3 is 23.4 Å². The van der Waals surface area contributed by atoms with Crippen molar-refractivity contribution in [2.24, 2.45) is 4.99 Å². The van der Waals surface area contributed by atoms with Crippen molar-refractivity contribution in [3.63, 3.8) is 0 Å². The van der Waals surface area contributed by atoms with Crippen LogP contribution in [0, 0.1) is 11.3 Å². The molecule has 0 aliphatic rings. The second-order valence-corrected chi connectivity index (χ2v) is 7.98. The van der Waals surface area contributed by atoms with Gasteiger partial charge in [-0.3, -0.25) is 0 Å². The van der Waals surface area contributed by atoms with Gasteiger partial charge >= 0.3 is 5.97 Å². The molecule has 0 saturated carbocycles. The first-order valence-corrected chi connectivity index (χ1v) is 11.8. The predicted octanol–water partition coefficient (Wildman–Crippen LogP) is 6.19. The van der Waals surface area contributed by atoms with E-state index >= 15 is 0 Å². The van der Waals surface area contributed by atoms with E-state index in [-0.39, 0.29) is 12.5 Å². The van der Waals surface area contributed by atoms with Gasteiger partial charge in [0.2, 0.25) is 5.88 Å². The number of nitrogens with zero attached hydrogens (tertiary/aromatic N) is 2. The molecule has 0 N–H and O–H groups in total. The summed E-state index contributed by atoms with van der Waals surface area (Å²) < 4.78 is 27.0. The van der Waals surface area contributed by atoms with Crippen LogP contribution in [0.2, 0.25) is 0 Å². The molecule has 0 aliphatic carbocycles. The van der Waals surface area contributed by atoms with Crippen LogP contribution in [0.5, 0.6) is 17.2 Å². The third-order valence-corrected chi connectivity index (χ3v) is 5.61. The molecule has 0 spiro atoms. The first-order valence-electron chi connectivity index (χ1n) is 11.8. The van der Waals surface area contributed by atoms with Crippen LogP contribution < -0.4 is 14.2 Å². The number of aliphatic imine (C=N–C) groups is 1. The first-order chi connectivity index (χ1) is 18.6. The maximum Gasteiger partial charge on any atom is 0.344 e. The Hall–Kier alpha value is -5.03. The molecule has 0 fully saturated rings. The lowest BCUT2D eigenvalue weighted by atomic mass is 9.98. The van der Waals surface area contributed by atoms with E-state index in [1.165, 1.54) is 0 Å². The van der Waals surface area contributed by atoms with Crippen LogP contribution in [0.4, 0.5) is 5.88 Å². The van der Waals surface area contributed by atoms with Crippen LogP contribution in [-0.2, 0) is 9.53 Å². The van der Waals surface area contributed by atoms with Crippen molar-refractivity contribution >= 4 is 18.1 Å². The fourth-order valence-electron chi connectivity index (χ4n) is 3.72. The Bertz CT molecular complexity index is 1450. The van der Waals surface area contributed by atoms with Crippen molar-refractivity contribution in [3.8, 4) is 45.8 Å². The molecule has 1 aromatic heterocycles. The van der Waals surface area contributed by atoms with Gasteiger partial charge in [0.1, 0.15) is 34.6 Å². The first kappa shape index (κ1) is 26.0. The Balaban J connectivity index is 1.67. The minimum Gasteiger partial charge on any atom is -0.497 e. The molecular weight excluding hydrogens is 484 g/mol.